The molecule has 0 N–H and O–H groups in total. The molecule has 1 fully saturated rings. The Labute approximate surface area is 212 Å². The fraction of sp³-hybridized carbons (Fsp3) is 0.267. The summed E-state index contributed by atoms with van der Waals surface area (Å²) in [5.41, 5.74) is 3.63. The van der Waals surface area contributed by atoms with Crippen molar-refractivity contribution in [1.29, 1.82) is 15.8 Å². The van der Waals surface area contributed by atoms with Crippen molar-refractivity contribution in [1.82, 2.24) is 4.98 Å². The van der Waals surface area contributed by atoms with Crippen LogP contribution >= 0.6 is 0 Å². The van der Waals surface area contributed by atoms with E-state index in [1.54, 1.807) is 6.08 Å². The molecule has 36 heavy (non-hydrogen) atoms. The van der Waals surface area contributed by atoms with Crippen molar-refractivity contribution < 1.29 is 4.74 Å². The van der Waals surface area contributed by atoms with Crippen molar-refractivity contribution in [3.8, 4) is 35.2 Å². The standard InChI is InChI=1S/C30H27N5O/c1-2-36-30-27(21-33)28(25-11-7-4-8-12-25)26(18-24(19-31)20-32)29(34-30)35-15-13-23(14-16-35)17-22-9-5-3-6-10-22/h3-12,18,23H,2,13-17H2,1H3. The molecule has 6 nitrogen and oxygen atoms in total. The summed E-state index contributed by atoms with van der Waals surface area (Å²) in [5, 5.41) is 29.2. The number of ether oxygens (including phenoxy) is 1. The van der Waals surface area contributed by atoms with Crippen molar-refractivity contribution in [2.45, 2.75) is 26.2 Å². The molecule has 0 amide bonds. The highest BCUT2D eigenvalue weighted by Gasteiger charge is 2.27. The SMILES string of the molecule is CCOc1nc(N2CCC(Cc3ccccc3)CC2)c(C=C(C#N)C#N)c(-c2ccccc2)c1C#N. The molecule has 1 aliphatic heterocycles. The van der Waals surface area contributed by atoms with Gasteiger partial charge in [-0.3, -0.25) is 0 Å². The van der Waals surface area contributed by atoms with E-state index in [9.17, 15) is 15.8 Å². The van der Waals surface area contributed by atoms with Gasteiger partial charge >= 0.3 is 0 Å². The van der Waals surface area contributed by atoms with Crippen molar-refractivity contribution in [2.24, 2.45) is 5.92 Å². The van der Waals surface area contributed by atoms with Gasteiger partial charge in [-0.25, -0.2) is 0 Å². The first-order valence-electron chi connectivity index (χ1n) is 12.2. The lowest BCUT2D eigenvalue weighted by molar-refractivity contribution is 0.325. The molecular weight excluding hydrogens is 446 g/mol. The van der Waals surface area contributed by atoms with Crippen molar-refractivity contribution in [3.63, 3.8) is 0 Å². The molecule has 2 aromatic carbocycles. The van der Waals surface area contributed by atoms with E-state index in [0.29, 0.717) is 35.0 Å². The van der Waals surface area contributed by atoms with Crippen LogP contribution in [0.25, 0.3) is 17.2 Å². The molecule has 0 unspecified atom stereocenters. The number of aromatic nitrogens is 1. The smallest absolute Gasteiger partial charge is 0.234 e. The number of piperidine rings is 1. The van der Waals surface area contributed by atoms with Gasteiger partial charge in [-0.2, -0.15) is 20.8 Å². The zero-order valence-electron chi connectivity index (χ0n) is 20.3. The number of anilines is 1. The average Bonchev–Trinajstić information content (AvgIpc) is 2.93. The summed E-state index contributed by atoms with van der Waals surface area (Å²) >= 11 is 0. The molecule has 2 heterocycles. The van der Waals surface area contributed by atoms with E-state index in [4.69, 9.17) is 9.72 Å². The summed E-state index contributed by atoms with van der Waals surface area (Å²) in [6.07, 6.45) is 4.58. The van der Waals surface area contributed by atoms with E-state index in [1.165, 1.54) is 5.56 Å². The summed E-state index contributed by atoms with van der Waals surface area (Å²) in [6, 6.07) is 26.2. The predicted molar refractivity (Wildman–Crippen MR) is 140 cm³/mol. The van der Waals surface area contributed by atoms with E-state index in [-0.39, 0.29) is 11.5 Å². The average molecular weight is 474 g/mol. The lowest BCUT2D eigenvalue weighted by Gasteiger charge is -2.34. The van der Waals surface area contributed by atoms with Gasteiger partial charge in [0.05, 0.1) is 6.61 Å². The van der Waals surface area contributed by atoms with Gasteiger partial charge in [0.1, 0.15) is 35.2 Å². The quantitative estimate of drug-likeness (QED) is 0.396. The molecule has 178 valence electrons. The summed E-state index contributed by atoms with van der Waals surface area (Å²) in [7, 11) is 0. The number of nitriles is 3. The second-order valence-electron chi connectivity index (χ2n) is 8.72. The van der Waals surface area contributed by atoms with Gasteiger partial charge in [0.25, 0.3) is 0 Å². The maximum absolute atomic E-state index is 10.1. The Morgan fingerprint density at radius 1 is 1.00 bits per heavy atom. The van der Waals surface area contributed by atoms with Crippen molar-refractivity contribution in [3.05, 3.63) is 82.9 Å². The third-order valence-corrected chi connectivity index (χ3v) is 6.45. The first-order chi connectivity index (χ1) is 17.7. The Bertz CT molecular complexity index is 1340. The topological polar surface area (TPSA) is 96.7 Å². The number of hydrogen-bond donors (Lipinski definition) is 0. The number of pyridine rings is 1. The van der Waals surface area contributed by atoms with E-state index in [1.807, 2.05) is 55.5 Å². The lowest BCUT2D eigenvalue weighted by atomic mass is 9.89. The van der Waals surface area contributed by atoms with Crippen LogP contribution < -0.4 is 9.64 Å². The highest BCUT2D eigenvalue weighted by Crippen LogP contribution is 2.40. The van der Waals surface area contributed by atoms with E-state index < -0.39 is 0 Å². The van der Waals surface area contributed by atoms with Crippen LogP contribution in [0, 0.1) is 39.9 Å². The normalized spacial score (nSPS) is 13.2. The molecule has 0 bridgehead atoms. The minimum atomic E-state index is -0.0396. The van der Waals surface area contributed by atoms with Crippen LogP contribution in [0.5, 0.6) is 5.88 Å². The minimum Gasteiger partial charge on any atom is -0.477 e. The molecule has 4 rings (SSSR count). The second kappa shape index (κ2) is 11.7. The van der Waals surface area contributed by atoms with Crippen LogP contribution in [0.3, 0.4) is 0 Å². The molecule has 0 spiro atoms. The van der Waals surface area contributed by atoms with E-state index >= 15 is 0 Å². The van der Waals surface area contributed by atoms with Crippen LogP contribution in [0.15, 0.2) is 66.2 Å². The Hall–Kier alpha value is -4.60. The molecule has 0 radical (unpaired) electrons. The number of nitrogens with zero attached hydrogens (tertiary/aromatic N) is 5. The third kappa shape index (κ3) is 5.38. The van der Waals surface area contributed by atoms with E-state index in [0.717, 1.165) is 37.9 Å². The lowest BCUT2D eigenvalue weighted by Crippen LogP contribution is -2.35. The number of allylic oxidation sites excluding steroid dienone is 1. The maximum Gasteiger partial charge on any atom is 0.234 e. The number of rotatable bonds is 7. The summed E-state index contributed by atoms with van der Waals surface area (Å²) in [5.74, 6) is 1.47. The highest BCUT2D eigenvalue weighted by atomic mass is 16.5. The van der Waals surface area contributed by atoms with Gasteiger partial charge in [-0.1, -0.05) is 60.7 Å². The molecule has 3 aromatic rings. The molecule has 1 saturated heterocycles. The van der Waals surface area contributed by atoms with Crippen LogP contribution in [-0.4, -0.2) is 24.7 Å². The van der Waals surface area contributed by atoms with Gasteiger partial charge in [-0.05, 0) is 49.3 Å². The fourth-order valence-electron chi connectivity index (χ4n) is 4.72. The third-order valence-electron chi connectivity index (χ3n) is 6.45. The predicted octanol–water partition coefficient (Wildman–Crippen LogP) is 5.91. The Morgan fingerprint density at radius 3 is 2.22 bits per heavy atom. The molecule has 0 saturated carbocycles. The molecular formula is C30H27N5O. The Kier molecular flexibility index (Phi) is 7.97. The van der Waals surface area contributed by atoms with Crippen molar-refractivity contribution >= 4 is 11.9 Å². The fourth-order valence-corrected chi connectivity index (χ4v) is 4.72. The highest BCUT2D eigenvalue weighted by molar-refractivity contribution is 5.89. The molecule has 0 aliphatic carbocycles. The van der Waals surface area contributed by atoms with Crippen molar-refractivity contribution in [2.75, 3.05) is 24.6 Å². The minimum absolute atomic E-state index is 0.0396. The first-order valence-corrected chi connectivity index (χ1v) is 12.2. The maximum atomic E-state index is 10.1. The molecule has 0 atom stereocenters. The number of hydrogen-bond acceptors (Lipinski definition) is 6. The van der Waals surface area contributed by atoms with Crippen LogP contribution in [0.1, 0.15) is 36.5 Å². The first kappa shape index (κ1) is 24.5. The van der Waals surface area contributed by atoms with Gasteiger partial charge < -0.3 is 9.64 Å². The largest absolute Gasteiger partial charge is 0.477 e. The molecule has 6 heteroatoms. The zero-order chi connectivity index (χ0) is 25.3. The van der Waals surface area contributed by atoms with Crippen LogP contribution in [-0.2, 0) is 6.42 Å². The van der Waals surface area contributed by atoms with Gasteiger partial charge in [0, 0.05) is 24.2 Å². The Balaban J connectivity index is 1.80. The van der Waals surface area contributed by atoms with E-state index in [2.05, 4.69) is 35.2 Å². The summed E-state index contributed by atoms with van der Waals surface area (Å²) in [4.78, 5) is 6.98. The van der Waals surface area contributed by atoms with Crippen LogP contribution in [0.4, 0.5) is 5.82 Å². The molecule has 1 aliphatic rings. The van der Waals surface area contributed by atoms with Gasteiger partial charge in [0.2, 0.25) is 5.88 Å². The summed E-state index contributed by atoms with van der Waals surface area (Å²) < 4.78 is 5.82. The van der Waals surface area contributed by atoms with Gasteiger partial charge in [0.15, 0.2) is 0 Å². The Morgan fingerprint density at radius 2 is 1.64 bits per heavy atom. The van der Waals surface area contributed by atoms with Crippen LogP contribution in [0.2, 0.25) is 0 Å². The monoisotopic (exact) mass is 473 g/mol. The second-order valence-corrected chi connectivity index (χ2v) is 8.72. The van der Waals surface area contributed by atoms with Gasteiger partial charge in [-0.15, -0.1) is 0 Å². The summed E-state index contributed by atoms with van der Waals surface area (Å²) in [6.45, 7) is 3.79. The number of benzene rings is 2. The zero-order valence-corrected chi connectivity index (χ0v) is 20.3. The molecule has 1 aromatic heterocycles.